The molecule has 0 spiro atoms. The number of rotatable bonds is 8. The maximum Gasteiger partial charge on any atom is 0.315 e. The van der Waals surface area contributed by atoms with E-state index in [4.69, 9.17) is 16.0 Å². The number of aromatic nitrogens is 2. The third kappa shape index (κ3) is 5.95. The van der Waals surface area contributed by atoms with E-state index >= 15 is 0 Å². The second-order valence-corrected chi connectivity index (χ2v) is 6.39. The lowest BCUT2D eigenvalue weighted by molar-refractivity contribution is 0.344. The first-order valence-electron chi connectivity index (χ1n) is 6.66. The van der Waals surface area contributed by atoms with E-state index in [0.717, 1.165) is 23.1 Å². The molecule has 114 valence electrons. The van der Waals surface area contributed by atoms with Gasteiger partial charge < -0.3 is 14.6 Å². The summed E-state index contributed by atoms with van der Waals surface area (Å²) in [6, 6.07) is 8.42. The van der Waals surface area contributed by atoms with Crippen LogP contribution in [0.4, 0.5) is 6.01 Å². The van der Waals surface area contributed by atoms with Crippen molar-refractivity contribution in [1.29, 1.82) is 0 Å². The minimum atomic E-state index is 0.482. The van der Waals surface area contributed by atoms with Crippen LogP contribution in [0, 0.1) is 0 Å². The number of benzene rings is 1. The summed E-state index contributed by atoms with van der Waals surface area (Å²) < 4.78 is 5.47. The lowest BCUT2D eigenvalue weighted by atomic mass is 10.2. The molecule has 0 radical (unpaired) electrons. The third-order valence-corrected chi connectivity index (χ3v) is 3.86. The molecule has 0 unspecified atom stereocenters. The van der Waals surface area contributed by atoms with Crippen LogP contribution in [-0.2, 0) is 12.3 Å². The van der Waals surface area contributed by atoms with Crippen LogP contribution in [0.2, 0.25) is 5.02 Å². The molecule has 0 aliphatic rings. The van der Waals surface area contributed by atoms with Gasteiger partial charge in [-0.3, -0.25) is 0 Å². The molecule has 1 N–H and O–H groups in total. The molecule has 0 amide bonds. The number of nitrogens with zero attached hydrogens (tertiary/aromatic N) is 3. The van der Waals surface area contributed by atoms with Gasteiger partial charge in [0.15, 0.2) is 0 Å². The minimum Gasteiger partial charge on any atom is -0.407 e. The molecule has 1 heterocycles. The van der Waals surface area contributed by atoms with Crippen LogP contribution < -0.4 is 5.32 Å². The smallest absolute Gasteiger partial charge is 0.315 e. The highest BCUT2D eigenvalue weighted by atomic mass is 35.5. The van der Waals surface area contributed by atoms with Gasteiger partial charge >= 0.3 is 6.01 Å². The molecule has 21 heavy (non-hydrogen) atoms. The van der Waals surface area contributed by atoms with Crippen LogP contribution in [-0.4, -0.2) is 41.5 Å². The average molecular weight is 327 g/mol. The van der Waals surface area contributed by atoms with Crippen molar-refractivity contribution < 1.29 is 4.42 Å². The Bertz CT molecular complexity index is 561. The highest BCUT2D eigenvalue weighted by molar-refractivity contribution is 7.98. The van der Waals surface area contributed by atoms with E-state index in [1.165, 1.54) is 5.56 Å². The first-order valence-corrected chi connectivity index (χ1v) is 8.20. The van der Waals surface area contributed by atoms with Crippen molar-refractivity contribution in [2.75, 3.05) is 31.7 Å². The number of hydrogen-bond donors (Lipinski definition) is 1. The Morgan fingerprint density at radius 2 is 2.19 bits per heavy atom. The Kier molecular flexibility index (Phi) is 6.35. The standard InChI is InChI=1S/C14H19ClN4OS/c1-19(2)9-13-17-18-14(20-13)16-6-7-21-10-11-4-3-5-12(15)8-11/h3-5,8H,6-7,9-10H2,1-2H3,(H,16,18). The monoisotopic (exact) mass is 326 g/mol. The van der Waals surface area contributed by atoms with Crippen molar-refractivity contribution in [1.82, 2.24) is 15.1 Å². The van der Waals surface area contributed by atoms with E-state index < -0.39 is 0 Å². The number of thioether (sulfide) groups is 1. The predicted molar refractivity (Wildman–Crippen MR) is 87.8 cm³/mol. The normalized spacial score (nSPS) is 11.0. The molecule has 0 fully saturated rings. The van der Waals surface area contributed by atoms with E-state index in [2.05, 4.69) is 21.6 Å². The van der Waals surface area contributed by atoms with Crippen LogP contribution in [0.5, 0.6) is 0 Å². The average Bonchev–Trinajstić information content (AvgIpc) is 2.85. The molecule has 1 aromatic heterocycles. The Morgan fingerprint density at radius 3 is 2.95 bits per heavy atom. The molecule has 0 bridgehead atoms. The molecular weight excluding hydrogens is 308 g/mol. The summed E-state index contributed by atoms with van der Waals surface area (Å²) in [5.74, 6) is 2.52. The van der Waals surface area contributed by atoms with E-state index in [-0.39, 0.29) is 0 Å². The quantitative estimate of drug-likeness (QED) is 0.752. The van der Waals surface area contributed by atoms with Crippen LogP contribution in [0.1, 0.15) is 11.5 Å². The summed E-state index contributed by atoms with van der Waals surface area (Å²) in [5, 5.41) is 11.8. The van der Waals surface area contributed by atoms with E-state index in [1.54, 1.807) is 0 Å². The molecule has 0 atom stereocenters. The zero-order valence-corrected chi connectivity index (χ0v) is 13.7. The van der Waals surface area contributed by atoms with Crippen LogP contribution in [0.3, 0.4) is 0 Å². The van der Waals surface area contributed by atoms with E-state index in [0.29, 0.717) is 18.5 Å². The zero-order valence-electron chi connectivity index (χ0n) is 12.2. The first-order chi connectivity index (χ1) is 10.1. The van der Waals surface area contributed by atoms with Crippen molar-refractivity contribution in [2.45, 2.75) is 12.3 Å². The molecular formula is C14H19ClN4OS. The molecule has 2 rings (SSSR count). The third-order valence-electron chi connectivity index (χ3n) is 2.60. The van der Waals surface area contributed by atoms with Crippen molar-refractivity contribution in [3.63, 3.8) is 0 Å². The van der Waals surface area contributed by atoms with Gasteiger partial charge in [-0.05, 0) is 31.8 Å². The van der Waals surface area contributed by atoms with E-state index in [1.807, 2.05) is 49.0 Å². The number of anilines is 1. The van der Waals surface area contributed by atoms with Gasteiger partial charge in [-0.25, -0.2) is 0 Å². The fourth-order valence-corrected chi connectivity index (χ4v) is 2.73. The summed E-state index contributed by atoms with van der Waals surface area (Å²) in [5.41, 5.74) is 1.23. The molecule has 7 heteroatoms. The largest absolute Gasteiger partial charge is 0.407 e. The van der Waals surface area contributed by atoms with Gasteiger partial charge in [-0.2, -0.15) is 11.8 Å². The Hall–Kier alpha value is -1.24. The molecule has 1 aromatic carbocycles. The highest BCUT2D eigenvalue weighted by Crippen LogP contribution is 2.16. The van der Waals surface area contributed by atoms with E-state index in [9.17, 15) is 0 Å². The predicted octanol–water partition coefficient (Wildman–Crippen LogP) is 3.13. The minimum absolute atomic E-state index is 0.482. The summed E-state index contributed by atoms with van der Waals surface area (Å²) >= 11 is 7.78. The topological polar surface area (TPSA) is 54.2 Å². The van der Waals surface area contributed by atoms with Gasteiger partial charge in [0.2, 0.25) is 5.89 Å². The maximum absolute atomic E-state index is 5.95. The summed E-state index contributed by atoms with van der Waals surface area (Å²) in [6.45, 7) is 1.44. The van der Waals surface area contributed by atoms with Gasteiger partial charge in [0, 0.05) is 23.1 Å². The van der Waals surface area contributed by atoms with Gasteiger partial charge in [-0.1, -0.05) is 28.8 Å². The molecule has 0 saturated heterocycles. The molecule has 0 aliphatic heterocycles. The first kappa shape index (κ1) is 16.1. The van der Waals surface area contributed by atoms with Crippen LogP contribution in [0.25, 0.3) is 0 Å². The Balaban J connectivity index is 1.64. The van der Waals surface area contributed by atoms with Gasteiger partial charge in [0.1, 0.15) is 0 Å². The molecule has 0 saturated carbocycles. The highest BCUT2D eigenvalue weighted by Gasteiger charge is 2.05. The molecule has 0 aliphatic carbocycles. The second kappa shape index (κ2) is 8.26. The zero-order chi connectivity index (χ0) is 15.1. The van der Waals surface area contributed by atoms with Crippen molar-refractivity contribution in [2.24, 2.45) is 0 Å². The lowest BCUT2D eigenvalue weighted by Gasteiger charge is -2.04. The number of halogens is 1. The molecule has 2 aromatic rings. The van der Waals surface area contributed by atoms with Crippen LogP contribution in [0.15, 0.2) is 28.7 Å². The van der Waals surface area contributed by atoms with Crippen molar-refractivity contribution in [3.05, 3.63) is 40.7 Å². The number of nitrogens with one attached hydrogen (secondary N) is 1. The second-order valence-electron chi connectivity index (χ2n) is 4.85. The van der Waals surface area contributed by atoms with Gasteiger partial charge in [-0.15, -0.1) is 5.10 Å². The summed E-state index contributed by atoms with van der Waals surface area (Å²) in [7, 11) is 3.92. The number of hydrogen-bond acceptors (Lipinski definition) is 6. The lowest BCUT2D eigenvalue weighted by Crippen LogP contribution is -2.10. The van der Waals surface area contributed by atoms with Crippen molar-refractivity contribution >= 4 is 29.4 Å². The fourth-order valence-electron chi connectivity index (χ4n) is 1.71. The molecule has 5 nitrogen and oxygen atoms in total. The maximum atomic E-state index is 5.95. The Morgan fingerprint density at radius 1 is 1.33 bits per heavy atom. The van der Waals surface area contributed by atoms with Crippen LogP contribution >= 0.6 is 23.4 Å². The summed E-state index contributed by atoms with van der Waals surface area (Å²) in [4.78, 5) is 1.98. The van der Waals surface area contributed by atoms with Crippen molar-refractivity contribution in [3.8, 4) is 0 Å². The van der Waals surface area contributed by atoms with Gasteiger partial charge in [0.05, 0.1) is 6.54 Å². The SMILES string of the molecule is CN(C)Cc1nnc(NCCSCc2cccc(Cl)c2)o1. The fraction of sp³-hybridized carbons (Fsp3) is 0.429. The Labute approximate surface area is 134 Å². The summed E-state index contributed by atoms with van der Waals surface area (Å²) in [6.07, 6.45) is 0. The van der Waals surface area contributed by atoms with Gasteiger partial charge in [0.25, 0.3) is 0 Å².